The standard InChI is InChI=1S/C12H17FN2O2/c1-3-12(2,6-8-16)15-11(17)9-5-4-7-14-10(9)13/h4-5,7,16H,3,6,8H2,1-2H3,(H,15,17). The van der Waals surface area contributed by atoms with E-state index in [4.69, 9.17) is 5.11 Å². The molecule has 1 atom stereocenters. The monoisotopic (exact) mass is 240 g/mol. The average molecular weight is 240 g/mol. The number of nitrogens with one attached hydrogen (secondary N) is 1. The summed E-state index contributed by atoms with van der Waals surface area (Å²) in [6.45, 7) is 3.69. The first-order valence-corrected chi connectivity index (χ1v) is 5.56. The molecule has 0 aliphatic carbocycles. The average Bonchev–Trinajstić information content (AvgIpc) is 2.29. The lowest BCUT2D eigenvalue weighted by Crippen LogP contribution is -2.46. The van der Waals surface area contributed by atoms with E-state index in [0.29, 0.717) is 12.8 Å². The number of hydrogen-bond donors (Lipinski definition) is 2. The molecule has 0 aromatic carbocycles. The number of aromatic nitrogens is 1. The summed E-state index contributed by atoms with van der Waals surface area (Å²) in [4.78, 5) is 15.3. The lowest BCUT2D eigenvalue weighted by molar-refractivity contribution is 0.0881. The van der Waals surface area contributed by atoms with Crippen LogP contribution in [0.4, 0.5) is 4.39 Å². The number of carbonyl (C=O) groups excluding carboxylic acids is 1. The van der Waals surface area contributed by atoms with Gasteiger partial charge in [-0.15, -0.1) is 0 Å². The summed E-state index contributed by atoms with van der Waals surface area (Å²) >= 11 is 0. The number of rotatable bonds is 5. The molecule has 0 saturated carbocycles. The second-order valence-corrected chi connectivity index (χ2v) is 4.18. The van der Waals surface area contributed by atoms with Crippen molar-refractivity contribution in [2.45, 2.75) is 32.2 Å². The van der Waals surface area contributed by atoms with Crippen molar-refractivity contribution >= 4 is 5.91 Å². The van der Waals surface area contributed by atoms with E-state index in [9.17, 15) is 9.18 Å². The van der Waals surface area contributed by atoms with Gasteiger partial charge < -0.3 is 10.4 Å². The van der Waals surface area contributed by atoms with E-state index in [1.165, 1.54) is 18.3 Å². The van der Waals surface area contributed by atoms with E-state index in [1.54, 1.807) is 0 Å². The van der Waals surface area contributed by atoms with Crippen molar-refractivity contribution in [1.29, 1.82) is 0 Å². The minimum atomic E-state index is -0.785. The molecule has 2 N–H and O–H groups in total. The zero-order chi connectivity index (χ0) is 12.9. The molecule has 0 bridgehead atoms. The topological polar surface area (TPSA) is 62.2 Å². The van der Waals surface area contributed by atoms with Crippen LogP contribution in [0.5, 0.6) is 0 Å². The summed E-state index contributed by atoms with van der Waals surface area (Å²) in [5, 5.41) is 11.7. The highest BCUT2D eigenvalue weighted by Gasteiger charge is 2.25. The molecule has 0 aliphatic heterocycles. The van der Waals surface area contributed by atoms with Crippen LogP contribution in [0.1, 0.15) is 37.0 Å². The highest BCUT2D eigenvalue weighted by molar-refractivity contribution is 5.94. The number of pyridine rings is 1. The Morgan fingerprint density at radius 1 is 1.65 bits per heavy atom. The van der Waals surface area contributed by atoms with Crippen molar-refractivity contribution in [3.8, 4) is 0 Å². The summed E-state index contributed by atoms with van der Waals surface area (Å²) in [5.74, 6) is -1.29. The maximum absolute atomic E-state index is 13.3. The van der Waals surface area contributed by atoms with Gasteiger partial charge in [0.2, 0.25) is 5.95 Å². The molecule has 94 valence electrons. The van der Waals surface area contributed by atoms with Gasteiger partial charge in [0, 0.05) is 18.3 Å². The van der Waals surface area contributed by atoms with Crippen molar-refractivity contribution in [3.63, 3.8) is 0 Å². The first-order valence-electron chi connectivity index (χ1n) is 5.56. The molecule has 0 spiro atoms. The van der Waals surface area contributed by atoms with E-state index in [2.05, 4.69) is 10.3 Å². The van der Waals surface area contributed by atoms with Gasteiger partial charge in [0.05, 0.1) is 5.56 Å². The fourth-order valence-corrected chi connectivity index (χ4v) is 1.47. The lowest BCUT2D eigenvalue weighted by Gasteiger charge is -2.28. The van der Waals surface area contributed by atoms with Crippen LogP contribution < -0.4 is 5.32 Å². The Kier molecular flexibility index (Phi) is 4.57. The van der Waals surface area contributed by atoms with E-state index < -0.39 is 17.4 Å². The largest absolute Gasteiger partial charge is 0.396 e. The Labute approximate surface area is 99.9 Å². The van der Waals surface area contributed by atoms with Gasteiger partial charge >= 0.3 is 0 Å². The van der Waals surface area contributed by atoms with E-state index in [1.807, 2.05) is 13.8 Å². The normalized spacial score (nSPS) is 14.1. The molecule has 0 radical (unpaired) electrons. The third-order valence-corrected chi connectivity index (χ3v) is 2.86. The lowest BCUT2D eigenvalue weighted by atomic mass is 9.94. The van der Waals surface area contributed by atoms with Crippen LogP contribution in [0.3, 0.4) is 0 Å². The first kappa shape index (κ1) is 13.6. The number of aliphatic hydroxyl groups excluding tert-OH is 1. The van der Waals surface area contributed by atoms with Gasteiger partial charge in [0.15, 0.2) is 0 Å². The third-order valence-electron chi connectivity index (χ3n) is 2.86. The van der Waals surface area contributed by atoms with Crippen molar-refractivity contribution < 1.29 is 14.3 Å². The number of halogens is 1. The van der Waals surface area contributed by atoms with Gasteiger partial charge in [-0.1, -0.05) is 6.92 Å². The Morgan fingerprint density at radius 2 is 2.35 bits per heavy atom. The Morgan fingerprint density at radius 3 is 2.88 bits per heavy atom. The molecule has 0 aliphatic rings. The first-order chi connectivity index (χ1) is 8.02. The van der Waals surface area contributed by atoms with Crippen molar-refractivity contribution in [1.82, 2.24) is 10.3 Å². The van der Waals surface area contributed by atoms with Crippen LogP contribution in [0.25, 0.3) is 0 Å². The molecule has 1 rings (SSSR count). The van der Waals surface area contributed by atoms with E-state index >= 15 is 0 Å². The van der Waals surface area contributed by atoms with Crippen LogP contribution in [0.15, 0.2) is 18.3 Å². The Balaban J connectivity index is 2.82. The van der Waals surface area contributed by atoms with Crippen LogP contribution in [-0.4, -0.2) is 28.1 Å². The molecule has 0 fully saturated rings. The number of aliphatic hydroxyl groups is 1. The van der Waals surface area contributed by atoms with Crippen LogP contribution in [0.2, 0.25) is 0 Å². The number of amides is 1. The molecule has 1 unspecified atom stereocenters. The van der Waals surface area contributed by atoms with Crippen LogP contribution in [-0.2, 0) is 0 Å². The Hall–Kier alpha value is -1.49. The summed E-state index contributed by atoms with van der Waals surface area (Å²) in [7, 11) is 0. The molecule has 17 heavy (non-hydrogen) atoms. The van der Waals surface area contributed by atoms with Gasteiger partial charge in [-0.05, 0) is 31.9 Å². The van der Waals surface area contributed by atoms with Crippen molar-refractivity contribution in [2.24, 2.45) is 0 Å². The fraction of sp³-hybridized carbons (Fsp3) is 0.500. The second-order valence-electron chi connectivity index (χ2n) is 4.18. The number of nitrogens with zero attached hydrogens (tertiary/aromatic N) is 1. The zero-order valence-electron chi connectivity index (χ0n) is 10.0. The van der Waals surface area contributed by atoms with Gasteiger partial charge in [-0.25, -0.2) is 4.98 Å². The highest BCUT2D eigenvalue weighted by Crippen LogP contribution is 2.15. The fourth-order valence-electron chi connectivity index (χ4n) is 1.47. The molecular weight excluding hydrogens is 223 g/mol. The van der Waals surface area contributed by atoms with Crippen LogP contribution in [0, 0.1) is 5.95 Å². The van der Waals surface area contributed by atoms with Crippen molar-refractivity contribution in [2.75, 3.05) is 6.61 Å². The highest BCUT2D eigenvalue weighted by atomic mass is 19.1. The number of carbonyl (C=O) groups is 1. The molecule has 0 saturated heterocycles. The summed E-state index contributed by atoms with van der Waals surface area (Å²) in [6, 6.07) is 2.89. The Bertz CT molecular complexity index is 398. The molecular formula is C12H17FN2O2. The SMILES string of the molecule is CCC(C)(CCO)NC(=O)c1cccnc1F. The van der Waals surface area contributed by atoms with Gasteiger partial charge in [0.1, 0.15) is 0 Å². The molecule has 1 aromatic heterocycles. The van der Waals surface area contributed by atoms with Gasteiger partial charge in [-0.3, -0.25) is 4.79 Å². The summed E-state index contributed by atoms with van der Waals surface area (Å²) < 4.78 is 13.3. The summed E-state index contributed by atoms with van der Waals surface area (Å²) in [5.41, 5.74) is -0.612. The quantitative estimate of drug-likeness (QED) is 0.767. The van der Waals surface area contributed by atoms with Crippen molar-refractivity contribution in [3.05, 3.63) is 29.8 Å². The second kappa shape index (κ2) is 5.72. The minimum Gasteiger partial charge on any atom is -0.396 e. The predicted octanol–water partition coefficient (Wildman–Crippen LogP) is 1.50. The van der Waals surface area contributed by atoms with E-state index in [-0.39, 0.29) is 12.2 Å². The third kappa shape index (κ3) is 3.49. The minimum absolute atomic E-state index is 0.0276. The predicted molar refractivity (Wildman–Crippen MR) is 62.1 cm³/mol. The van der Waals surface area contributed by atoms with E-state index in [0.717, 1.165) is 0 Å². The number of hydrogen-bond acceptors (Lipinski definition) is 3. The molecule has 1 amide bonds. The maximum Gasteiger partial charge on any atom is 0.256 e. The zero-order valence-corrected chi connectivity index (χ0v) is 10.0. The molecule has 1 aromatic rings. The van der Waals surface area contributed by atoms with Gasteiger partial charge in [0.25, 0.3) is 5.91 Å². The molecule has 4 nitrogen and oxygen atoms in total. The van der Waals surface area contributed by atoms with Crippen LogP contribution >= 0.6 is 0 Å². The molecule has 5 heteroatoms. The van der Waals surface area contributed by atoms with Gasteiger partial charge in [-0.2, -0.15) is 4.39 Å². The maximum atomic E-state index is 13.3. The smallest absolute Gasteiger partial charge is 0.256 e. The molecule has 1 heterocycles. The summed E-state index contributed by atoms with van der Waals surface area (Å²) in [6.07, 6.45) is 2.37.